The van der Waals surface area contributed by atoms with Gasteiger partial charge in [-0.15, -0.1) is 12.4 Å². The van der Waals surface area contributed by atoms with E-state index >= 15 is 0 Å². The maximum Gasteiger partial charge on any atom is 0.117 e. The number of hydrogen-bond acceptors (Lipinski definition) is 4. The van der Waals surface area contributed by atoms with Crippen LogP contribution in [0.15, 0.2) is 78.0 Å². The zero-order valence-corrected chi connectivity index (χ0v) is 12.6. The van der Waals surface area contributed by atoms with Gasteiger partial charge >= 0.3 is 0 Å². The molecule has 2 aromatic rings. The molecule has 5 heteroatoms. The van der Waals surface area contributed by atoms with Gasteiger partial charge in [0.15, 0.2) is 0 Å². The van der Waals surface area contributed by atoms with Gasteiger partial charge in [-0.05, 0) is 36.4 Å². The lowest BCUT2D eigenvalue weighted by Gasteiger charge is -1.99. The van der Waals surface area contributed by atoms with Crippen molar-refractivity contribution in [3.05, 3.63) is 73.0 Å². The summed E-state index contributed by atoms with van der Waals surface area (Å²) in [6.07, 6.45) is 8.83. The highest BCUT2D eigenvalue weighted by atomic mass is 35.5. The first-order chi connectivity index (χ1) is 10.2. The predicted octanol–water partition coefficient (Wildman–Crippen LogP) is 4.40. The molecule has 114 valence electrons. The number of nitrogens with one attached hydrogen (secondary N) is 1. The van der Waals surface area contributed by atoms with Crippen LogP contribution >= 0.6 is 12.4 Å². The van der Waals surface area contributed by atoms with Gasteiger partial charge in [-0.3, -0.25) is 4.99 Å². The van der Waals surface area contributed by atoms with Crippen molar-refractivity contribution in [1.29, 1.82) is 0 Å². The zero-order chi connectivity index (χ0) is 14.9. The summed E-state index contributed by atoms with van der Waals surface area (Å²) in [5, 5.41) is 21.6. The molecule has 0 spiro atoms. The maximum absolute atomic E-state index is 9.30. The average Bonchev–Trinajstić information content (AvgIpc) is 2.46. The molecule has 0 fully saturated rings. The molecule has 0 atom stereocenters. The lowest BCUT2D eigenvalue weighted by Crippen LogP contribution is -1.85. The molecular formula is C17H17ClN2O2. The minimum absolute atomic E-state index is 0. The molecule has 2 aromatic carbocycles. The molecule has 22 heavy (non-hydrogen) atoms. The van der Waals surface area contributed by atoms with E-state index in [0.717, 1.165) is 5.69 Å². The zero-order valence-electron chi connectivity index (χ0n) is 11.8. The van der Waals surface area contributed by atoms with Crippen molar-refractivity contribution in [2.45, 2.75) is 0 Å². The first-order valence-corrected chi connectivity index (χ1v) is 6.44. The van der Waals surface area contributed by atoms with E-state index in [0.29, 0.717) is 5.69 Å². The van der Waals surface area contributed by atoms with Crippen LogP contribution in [0, 0.1) is 0 Å². The average molecular weight is 317 g/mol. The summed E-state index contributed by atoms with van der Waals surface area (Å²) in [6.45, 7) is 0. The Labute approximate surface area is 135 Å². The van der Waals surface area contributed by atoms with E-state index in [9.17, 15) is 10.2 Å². The summed E-state index contributed by atoms with van der Waals surface area (Å²) < 4.78 is 0. The number of rotatable bonds is 5. The Morgan fingerprint density at radius 2 is 1.59 bits per heavy atom. The van der Waals surface area contributed by atoms with Crippen molar-refractivity contribution in [2.24, 2.45) is 4.99 Å². The van der Waals surface area contributed by atoms with E-state index in [-0.39, 0.29) is 23.9 Å². The number of anilines is 1. The predicted molar refractivity (Wildman–Crippen MR) is 93.5 cm³/mol. The van der Waals surface area contributed by atoms with Gasteiger partial charge in [-0.2, -0.15) is 0 Å². The molecule has 0 radical (unpaired) electrons. The molecule has 0 aromatic heterocycles. The molecule has 0 amide bonds. The molecule has 0 unspecified atom stereocenters. The van der Waals surface area contributed by atoms with Crippen LogP contribution in [0.4, 0.5) is 11.4 Å². The summed E-state index contributed by atoms with van der Waals surface area (Å²) in [7, 11) is 0. The third kappa shape index (κ3) is 6.15. The van der Waals surface area contributed by atoms with Crippen molar-refractivity contribution in [2.75, 3.05) is 5.32 Å². The highest BCUT2D eigenvalue weighted by Gasteiger charge is 1.89. The summed E-state index contributed by atoms with van der Waals surface area (Å²) >= 11 is 0. The van der Waals surface area contributed by atoms with Gasteiger partial charge in [0, 0.05) is 30.2 Å². The number of phenols is 2. The van der Waals surface area contributed by atoms with Crippen molar-refractivity contribution in [3.8, 4) is 11.5 Å². The summed E-state index contributed by atoms with van der Waals surface area (Å²) in [5.74, 6) is 0.422. The molecule has 0 saturated carbocycles. The second-order valence-corrected chi connectivity index (χ2v) is 4.24. The molecule has 0 aliphatic carbocycles. The Kier molecular flexibility index (Phi) is 7.29. The number of phenolic OH excluding ortho intramolecular Hbond substituents is 2. The number of aliphatic imine (C=N–C) groups is 1. The van der Waals surface area contributed by atoms with E-state index in [1.807, 2.05) is 24.3 Å². The molecule has 0 aliphatic rings. The van der Waals surface area contributed by atoms with Crippen molar-refractivity contribution >= 4 is 30.0 Å². The Bertz CT molecular complexity index is 682. The highest BCUT2D eigenvalue weighted by Crippen LogP contribution is 2.17. The topological polar surface area (TPSA) is 64.9 Å². The number of benzene rings is 2. The van der Waals surface area contributed by atoms with Crippen LogP contribution in [0.2, 0.25) is 0 Å². The SMILES string of the molecule is Cl.Oc1cccc(N=CC=CC=CNc2cccc(O)c2)c1. The standard InChI is InChI=1S/C17H16N2O2.ClH/c20-16-8-4-6-14(12-16)18-10-2-1-3-11-19-15-7-5-9-17(21)13-15;/h1-13,18,20-21H;1H. The summed E-state index contributed by atoms with van der Waals surface area (Å²) in [5.41, 5.74) is 1.51. The Balaban J connectivity index is 0.00000242. The largest absolute Gasteiger partial charge is 0.508 e. The van der Waals surface area contributed by atoms with Crippen LogP contribution in [-0.4, -0.2) is 16.4 Å². The Hall–Kier alpha value is -2.72. The van der Waals surface area contributed by atoms with Gasteiger partial charge in [0.05, 0.1) is 5.69 Å². The van der Waals surface area contributed by atoms with Gasteiger partial charge < -0.3 is 15.5 Å². The summed E-state index contributed by atoms with van der Waals surface area (Å²) in [6, 6.07) is 13.6. The van der Waals surface area contributed by atoms with E-state index in [2.05, 4.69) is 10.3 Å². The number of nitrogens with zero attached hydrogens (tertiary/aromatic N) is 1. The minimum atomic E-state index is 0. The van der Waals surface area contributed by atoms with Gasteiger partial charge in [0.2, 0.25) is 0 Å². The monoisotopic (exact) mass is 316 g/mol. The number of allylic oxidation sites excluding steroid dienone is 3. The Morgan fingerprint density at radius 1 is 0.864 bits per heavy atom. The lowest BCUT2D eigenvalue weighted by atomic mass is 10.3. The quantitative estimate of drug-likeness (QED) is 0.565. The first kappa shape index (κ1) is 17.3. The molecule has 3 N–H and O–H groups in total. The fraction of sp³-hybridized carbons (Fsp3) is 0. The van der Waals surface area contributed by atoms with Gasteiger partial charge in [0.1, 0.15) is 11.5 Å². The third-order valence-corrected chi connectivity index (χ3v) is 2.55. The molecule has 0 bridgehead atoms. The third-order valence-electron chi connectivity index (χ3n) is 2.55. The highest BCUT2D eigenvalue weighted by molar-refractivity contribution is 5.85. The maximum atomic E-state index is 9.30. The van der Waals surface area contributed by atoms with Gasteiger partial charge in [-0.1, -0.05) is 18.2 Å². The van der Waals surface area contributed by atoms with Crippen LogP contribution in [0.25, 0.3) is 0 Å². The smallest absolute Gasteiger partial charge is 0.117 e. The molecule has 0 saturated heterocycles. The first-order valence-electron chi connectivity index (χ1n) is 6.44. The summed E-state index contributed by atoms with van der Waals surface area (Å²) in [4.78, 5) is 4.18. The normalized spacial score (nSPS) is 11.1. The van der Waals surface area contributed by atoms with Crippen LogP contribution < -0.4 is 5.32 Å². The Morgan fingerprint density at radius 3 is 2.32 bits per heavy atom. The number of aromatic hydroxyl groups is 2. The minimum Gasteiger partial charge on any atom is -0.508 e. The van der Waals surface area contributed by atoms with Gasteiger partial charge in [-0.25, -0.2) is 0 Å². The van der Waals surface area contributed by atoms with Crippen LogP contribution in [0.5, 0.6) is 11.5 Å². The fourth-order valence-electron chi connectivity index (χ4n) is 1.61. The molecule has 0 aliphatic heterocycles. The van der Waals surface area contributed by atoms with Gasteiger partial charge in [0.25, 0.3) is 0 Å². The van der Waals surface area contributed by atoms with E-state index < -0.39 is 0 Å². The van der Waals surface area contributed by atoms with E-state index in [1.165, 1.54) is 0 Å². The second-order valence-electron chi connectivity index (χ2n) is 4.24. The van der Waals surface area contributed by atoms with Crippen molar-refractivity contribution in [1.82, 2.24) is 0 Å². The second kappa shape index (κ2) is 9.26. The molecule has 4 nitrogen and oxygen atoms in total. The van der Waals surface area contributed by atoms with Crippen LogP contribution in [0.3, 0.4) is 0 Å². The van der Waals surface area contributed by atoms with Crippen LogP contribution in [-0.2, 0) is 0 Å². The number of halogens is 1. The number of hydrogen-bond donors (Lipinski definition) is 3. The van der Waals surface area contributed by atoms with E-state index in [4.69, 9.17) is 0 Å². The van der Waals surface area contributed by atoms with Crippen LogP contribution in [0.1, 0.15) is 0 Å². The van der Waals surface area contributed by atoms with Crippen molar-refractivity contribution in [3.63, 3.8) is 0 Å². The molecular weight excluding hydrogens is 300 g/mol. The molecule has 2 rings (SSSR count). The molecule has 0 heterocycles. The van der Waals surface area contributed by atoms with E-state index in [1.54, 1.807) is 54.9 Å². The van der Waals surface area contributed by atoms with Crippen molar-refractivity contribution < 1.29 is 10.2 Å². The lowest BCUT2D eigenvalue weighted by molar-refractivity contribution is 0.475. The fourth-order valence-corrected chi connectivity index (χ4v) is 1.61.